The number of amides is 1. The molecule has 1 aromatic heterocycles. The monoisotopic (exact) mass is 326 g/mol. The minimum absolute atomic E-state index is 0.197. The van der Waals surface area contributed by atoms with Crippen LogP contribution in [0.3, 0.4) is 0 Å². The normalized spacial score (nSPS) is 19.5. The minimum atomic E-state index is -0.215. The summed E-state index contributed by atoms with van der Waals surface area (Å²) in [6, 6.07) is 12.1. The van der Waals surface area contributed by atoms with E-state index in [9.17, 15) is 4.79 Å². The zero-order chi connectivity index (χ0) is 16.9. The van der Waals surface area contributed by atoms with E-state index in [0.29, 0.717) is 0 Å². The van der Waals surface area contributed by atoms with Crippen molar-refractivity contribution in [3.8, 4) is 0 Å². The van der Waals surface area contributed by atoms with Gasteiger partial charge >= 0.3 is 0 Å². The first-order valence-electron chi connectivity index (χ1n) is 8.73. The average Bonchev–Trinajstić information content (AvgIpc) is 3.17. The lowest BCUT2D eigenvalue weighted by atomic mass is 10.0. The first-order chi connectivity index (χ1) is 11.7. The number of hydrogen-bond donors (Lipinski definition) is 0. The lowest BCUT2D eigenvalue weighted by Crippen LogP contribution is -2.46. The molecule has 1 aliphatic heterocycles. The standard InChI is InChI=1S/C19H26N4O/c1-3-21(2)18(16-9-5-4-6-10-16)19(24)22-13-7-11-17(15-22)23-14-8-12-20-23/h4-6,8-10,12,14,17-18H,3,7,11,13,15H2,1-2H3/t17-,18-/m1/s1. The van der Waals surface area contributed by atoms with E-state index in [1.54, 1.807) is 6.20 Å². The third-order valence-electron chi connectivity index (χ3n) is 4.90. The van der Waals surface area contributed by atoms with Gasteiger partial charge in [0.2, 0.25) is 5.91 Å². The number of likely N-dealkylation sites (N-methyl/N-ethyl adjacent to an activating group) is 1. The minimum Gasteiger partial charge on any atom is -0.339 e. The van der Waals surface area contributed by atoms with Crippen molar-refractivity contribution < 1.29 is 4.79 Å². The van der Waals surface area contributed by atoms with Crippen LogP contribution in [-0.4, -0.2) is 52.2 Å². The molecule has 0 spiro atoms. The SMILES string of the molecule is CCN(C)[C@@H](C(=O)N1CCC[C@@H](n2cccn2)C1)c1ccccc1. The van der Waals surface area contributed by atoms with Crippen LogP contribution in [0.1, 0.15) is 37.4 Å². The highest BCUT2D eigenvalue weighted by Gasteiger charge is 2.32. The Morgan fingerprint density at radius 1 is 1.33 bits per heavy atom. The van der Waals surface area contributed by atoms with E-state index < -0.39 is 0 Å². The molecule has 0 saturated carbocycles. The van der Waals surface area contributed by atoms with Gasteiger partial charge in [0.05, 0.1) is 6.04 Å². The van der Waals surface area contributed by atoms with Crippen molar-refractivity contribution in [3.63, 3.8) is 0 Å². The highest BCUT2D eigenvalue weighted by molar-refractivity contribution is 5.83. The molecule has 5 nitrogen and oxygen atoms in total. The number of piperidine rings is 1. The number of benzene rings is 1. The van der Waals surface area contributed by atoms with Crippen molar-refractivity contribution in [1.82, 2.24) is 19.6 Å². The van der Waals surface area contributed by atoms with E-state index in [1.165, 1.54) is 0 Å². The molecule has 1 aliphatic rings. The van der Waals surface area contributed by atoms with Crippen LogP contribution >= 0.6 is 0 Å². The van der Waals surface area contributed by atoms with Gasteiger partial charge in [0.1, 0.15) is 6.04 Å². The molecule has 5 heteroatoms. The second-order valence-electron chi connectivity index (χ2n) is 6.45. The maximum Gasteiger partial charge on any atom is 0.244 e. The van der Waals surface area contributed by atoms with Gasteiger partial charge in [-0.05, 0) is 38.1 Å². The molecule has 1 fully saturated rings. The van der Waals surface area contributed by atoms with Gasteiger partial charge in [-0.3, -0.25) is 14.4 Å². The van der Waals surface area contributed by atoms with Crippen LogP contribution < -0.4 is 0 Å². The van der Waals surface area contributed by atoms with Crippen molar-refractivity contribution in [1.29, 1.82) is 0 Å². The maximum atomic E-state index is 13.3. The summed E-state index contributed by atoms with van der Waals surface area (Å²) in [7, 11) is 2.02. The molecule has 0 unspecified atom stereocenters. The molecule has 2 aromatic rings. The largest absolute Gasteiger partial charge is 0.339 e. The van der Waals surface area contributed by atoms with Crippen molar-refractivity contribution >= 4 is 5.91 Å². The average molecular weight is 326 g/mol. The molecule has 0 radical (unpaired) electrons. The number of nitrogens with zero attached hydrogens (tertiary/aromatic N) is 4. The number of carbonyl (C=O) groups excluding carboxylic acids is 1. The summed E-state index contributed by atoms with van der Waals surface area (Å²) in [6.45, 7) is 4.49. The summed E-state index contributed by atoms with van der Waals surface area (Å²) in [6.07, 6.45) is 5.89. The Balaban J connectivity index is 1.79. The van der Waals surface area contributed by atoms with Gasteiger partial charge in [-0.1, -0.05) is 37.3 Å². The summed E-state index contributed by atoms with van der Waals surface area (Å²) in [5.41, 5.74) is 1.06. The zero-order valence-electron chi connectivity index (χ0n) is 14.5. The van der Waals surface area contributed by atoms with Crippen LogP contribution in [0.2, 0.25) is 0 Å². The Labute approximate surface area is 143 Å². The van der Waals surface area contributed by atoms with E-state index in [0.717, 1.165) is 38.0 Å². The first-order valence-corrected chi connectivity index (χ1v) is 8.73. The third kappa shape index (κ3) is 3.51. The van der Waals surface area contributed by atoms with E-state index >= 15 is 0 Å². The van der Waals surface area contributed by atoms with Crippen molar-refractivity contribution in [2.45, 2.75) is 31.8 Å². The molecule has 3 rings (SSSR count). The summed E-state index contributed by atoms with van der Waals surface area (Å²) in [5, 5.41) is 4.36. The molecule has 1 amide bonds. The van der Waals surface area contributed by atoms with Gasteiger partial charge in [0.15, 0.2) is 0 Å². The molecule has 2 atom stereocenters. The topological polar surface area (TPSA) is 41.4 Å². The fourth-order valence-electron chi connectivity index (χ4n) is 3.44. The lowest BCUT2D eigenvalue weighted by molar-refractivity contribution is -0.138. The summed E-state index contributed by atoms with van der Waals surface area (Å²) in [5.74, 6) is 0.197. The van der Waals surface area contributed by atoms with Gasteiger partial charge in [-0.2, -0.15) is 5.10 Å². The Kier molecular flexibility index (Phi) is 5.30. The molecule has 1 aromatic carbocycles. The fourth-order valence-corrected chi connectivity index (χ4v) is 3.44. The maximum absolute atomic E-state index is 13.3. The van der Waals surface area contributed by atoms with Gasteiger partial charge in [-0.15, -0.1) is 0 Å². The second kappa shape index (κ2) is 7.62. The van der Waals surface area contributed by atoms with Crippen LogP contribution in [0.15, 0.2) is 48.8 Å². The van der Waals surface area contributed by atoms with Crippen molar-refractivity contribution in [3.05, 3.63) is 54.4 Å². The molecule has 128 valence electrons. The highest BCUT2D eigenvalue weighted by Crippen LogP contribution is 2.27. The first kappa shape index (κ1) is 16.7. The van der Waals surface area contributed by atoms with E-state index in [1.807, 2.05) is 59.2 Å². The Hall–Kier alpha value is -2.14. The Morgan fingerprint density at radius 2 is 2.12 bits per heavy atom. The predicted molar refractivity (Wildman–Crippen MR) is 94.6 cm³/mol. The summed E-state index contributed by atoms with van der Waals surface area (Å²) in [4.78, 5) is 17.4. The van der Waals surface area contributed by atoms with Crippen molar-refractivity contribution in [2.75, 3.05) is 26.7 Å². The second-order valence-corrected chi connectivity index (χ2v) is 6.45. The van der Waals surface area contributed by atoms with Gasteiger partial charge in [0, 0.05) is 25.5 Å². The van der Waals surface area contributed by atoms with Crippen molar-refractivity contribution in [2.24, 2.45) is 0 Å². The van der Waals surface area contributed by atoms with Gasteiger partial charge in [0.25, 0.3) is 0 Å². The molecular formula is C19H26N4O. The summed E-state index contributed by atoms with van der Waals surface area (Å²) < 4.78 is 1.99. The number of hydrogen-bond acceptors (Lipinski definition) is 3. The molecule has 2 heterocycles. The van der Waals surface area contributed by atoms with Gasteiger partial charge in [-0.25, -0.2) is 0 Å². The molecule has 0 aliphatic carbocycles. The number of aromatic nitrogens is 2. The lowest BCUT2D eigenvalue weighted by Gasteiger charge is -2.37. The highest BCUT2D eigenvalue weighted by atomic mass is 16.2. The van der Waals surface area contributed by atoms with E-state index in [4.69, 9.17) is 0 Å². The molecule has 1 saturated heterocycles. The number of likely N-dealkylation sites (tertiary alicyclic amines) is 1. The quantitative estimate of drug-likeness (QED) is 0.848. The number of rotatable bonds is 5. The summed E-state index contributed by atoms with van der Waals surface area (Å²) >= 11 is 0. The molecule has 24 heavy (non-hydrogen) atoms. The van der Waals surface area contributed by atoms with E-state index in [2.05, 4.69) is 16.9 Å². The fraction of sp³-hybridized carbons (Fsp3) is 0.474. The zero-order valence-corrected chi connectivity index (χ0v) is 14.5. The van der Waals surface area contributed by atoms with Crippen LogP contribution in [0.25, 0.3) is 0 Å². The molecule has 0 N–H and O–H groups in total. The smallest absolute Gasteiger partial charge is 0.244 e. The predicted octanol–water partition coefficient (Wildman–Crippen LogP) is 2.74. The van der Waals surface area contributed by atoms with Crippen LogP contribution in [-0.2, 0) is 4.79 Å². The Morgan fingerprint density at radius 3 is 2.79 bits per heavy atom. The third-order valence-corrected chi connectivity index (χ3v) is 4.90. The van der Waals surface area contributed by atoms with Crippen LogP contribution in [0.5, 0.6) is 0 Å². The van der Waals surface area contributed by atoms with Crippen LogP contribution in [0.4, 0.5) is 0 Å². The van der Waals surface area contributed by atoms with Crippen LogP contribution in [0, 0.1) is 0 Å². The van der Waals surface area contributed by atoms with Gasteiger partial charge < -0.3 is 4.90 Å². The molecule has 0 bridgehead atoms. The van der Waals surface area contributed by atoms with E-state index in [-0.39, 0.29) is 18.0 Å². The Bertz CT molecular complexity index is 641. The molecular weight excluding hydrogens is 300 g/mol. The number of carbonyl (C=O) groups is 1.